The summed E-state index contributed by atoms with van der Waals surface area (Å²) in [7, 11) is 0. The lowest BCUT2D eigenvalue weighted by molar-refractivity contribution is -0.138. The van der Waals surface area contributed by atoms with Crippen LogP contribution in [0.15, 0.2) is 18.2 Å². The van der Waals surface area contributed by atoms with E-state index in [1.54, 1.807) is 35.7 Å². The second-order valence-electron chi connectivity index (χ2n) is 6.07. The SMILES string of the molecule is Cc1cc(CNC(=O)C2CSC3(C)CCC(=O)N23)ccc1F. The molecule has 0 aromatic heterocycles. The zero-order chi connectivity index (χ0) is 15.9. The molecule has 2 aliphatic heterocycles. The van der Waals surface area contributed by atoms with Crippen LogP contribution in [0.3, 0.4) is 0 Å². The van der Waals surface area contributed by atoms with Gasteiger partial charge in [0.2, 0.25) is 11.8 Å². The van der Waals surface area contributed by atoms with Crippen molar-refractivity contribution in [1.82, 2.24) is 10.2 Å². The van der Waals surface area contributed by atoms with Gasteiger partial charge >= 0.3 is 0 Å². The van der Waals surface area contributed by atoms with Crippen LogP contribution in [0, 0.1) is 12.7 Å². The van der Waals surface area contributed by atoms with E-state index in [0.29, 0.717) is 24.3 Å². The third-order valence-corrected chi connectivity index (χ3v) is 5.94. The Morgan fingerprint density at radius 3 is 3.05 bits per heavy atom. The summed E-state index contributed by atoms with van der Waals surface area (Å²) < 4.78 is 13.2. The molecule has 3 rings (SSSR count). The van der Waals surface area contributed by atoms with Gasteiger partial charge in [0.05, 0.1) is 4.87 Å². The van der Waals surface area contributed by atoms with Gasteiger partial charge in [0.1, 0.15) is 11.9 Å². The van der Waals surface area contributed by atoms with Crippen LogP contribution in [0.25, 0.3) is 0 Å². The molecule has 1 N–H and O–H groups in total. The molecule has 2 atom stereocenters. The molecule has 4 nitrogen and oxygen atoms in total. The Labute approximate surface area is 133 Å². The normalized spacial score (nSPS) is 27.1. The van der Waals surface area contributed by atoms with Crippen molar-refractivity contribution in [3.05, 3.63) is 35.1 Å². The number of thioether (sulfide) groups is 1. The molecule has 1 aromatic carbocycles. The number of aryl methyl sites for hydroxylation is 1. The Morgan fingerprint density at radius 1 is 1.55 bits per heavy atom. The van der Waals surface area contributed by atoms with Crippen molar-refractivity contribution < 1.29 is 14.0 Å². The minimum atomic E-state index is -0.397. The summed E-state index contributed by atoms with van der Waals surface area (Å²) in [6.07, 6.45) is 1.32. The monoisotopic (exact) mass is 322 g/mol. The number of halogens is 1. The molecule has 0 saturated carbocycles. The van der Waals surface area contributed by atoms with Gasteiger partial charge in [-0.25, -0.2) is 4.39 Å². The summed E-state index contributed by atoms with van der Waals surface area (Å²) >= 11 is 1.68. The Kier molecular flexibility index (Phi) is 3.89. The summed E-state index contributed by atoms with van der Waals surface area (Å²) in [5, 5.41) is 2.87. The molecular weight excluding hydrogens is 303 g/mol. The van der Waals surface area contributed by atoms with Crippen LogP contribution in [0.2, 0.25) is 0 Å². The summed E-state index contributed by atoms with van der Waals surface area (Å²) in [5.74, 6) is 0.315. The van der Waals surface area contributed by atoms with Crippen molar-refractivity contribution in [2.24, 2.45) is 0 Å². The fourth-order valence-electron chi connectivity index (χ4n) is 3.14. The molecule has 22 heavy (non-hydrogen) atoms. The molecule has 0 aliphatic carbocycles. The van der Waals surface area contributed by atoms with E-state index in [0.717, 1.165) is 12.0 Å². The fourth-order valence-corrected chi connectivity index (χ4v) is 4.57. The molecule has 0 radical (unpaired) electrons. The van der Waals surface area contributed by atoms with Gasteiger partial charge < -0.3 is 10.2 Å². The minimum absolute atomic E-state index is 0.0604. The van der Waals surface area contributed by atoms with Crippen molar-refractivity contribution in [2.75, 3.05) is 5.75 Å². The van der Waals surface area contributed by atoms with Crippen molar-refractivity contribution in [2.45, 2.75) is 44.1 Å². The number of hydrogen-bond acceptors (Lipinski definition) is 3. The highest BCUT2D eigenvalue weighted by molar-refractivity contribution is 8.01. The number of carbonyl (C=O) groups excluding carboxylic acids is 2. The number of benzene rings is 1. The van der Waals surface area contributed by atoms with E-state index in [-0.39, 0.29) is 22.5 Å². The van der Waals surface area contributed by atoms with E-state index in [1.165, 1.54) is 6.07 Å². The minimum Gasteiger partial charge on any atom is -0.350 e. The van der Waals surface area contributed by atoms with Crippen molar-refractivity contribution in [3.8, 4) is 0 Å². The fraction of sp³-hybridized carbons (Fsp3) is 0.500. The van der Waals surface area contributed by atoms with Crippen molar-refractivity contribution in [1.29, 1.82) is 0 Å². The third-order valence-electron chi connectivity index (χ3n) is 4.44. The van der Waals surface area contributed by atoms with Crippen LogP contribution in [0.4, 0.5) is 4.39 Å². The van der Waals surface area contributed by atoms with E-state index in [1.807, 2.05) is 6.92 Å². The van der Waals surface area contributed by atoms with Crippen LogP contribution in [-0.2, 0) is 16.1 Å². The second kappa shape index (κ2) is 5.57. The van der Waals surface area contributed by atoms with Gasteiger partial charge in [-0.05, 0) is 37.5 Å². The van der Waals surface area contributed by atoms with E-state index >= 15 is 0 Å². The Morgan fingerprint density at radius 2 is 2.32 bits per heavy atom. The molecule has 2 saturated heterocycles. The predicted molar refractivity (Wildman–Crippen MR) is 83.7 cm³/mol. The summed E-state index contributed by atoms with van der Waals surface area (Å²) in [6.45, 7) is 4.07. The molecule has 1 aromatic rings. The number of hydrogen-bond donors (Lipinski definition) is 1. The number of amides is 2. The number of fused-ring (bicyclic) bond motifs is 1. The third kappa shape index (κ3) is 2.60. The predicted octanol–water partition coefficient (Wildman–Crippen LogP) is 2.20. The second-order valence-corrected chi connectivity index (χ2v) is 7.57. The molecule has 2 aliphatic rings. The molecule has 0 spiro atoms. The lowest BCUT2D eigenvalue weighted by Gasteiger charge is -2.29. The van der Waals surface area contributed by atoms with Gasteiger partial charge in [-0.1, -0.05) is 12.1 Å². The molecule has 6 heteroatoms. The maximum Gasteiger partial charge on any atom is 0.243 e. The van der Waals surface area contributed by atoms with Gasteiger partial charge in [0, 0.05) is 18.7 Å². The number of nitrogens with zero attached hydrogens (tertiary/aromatic N) is 1. The first-order valence-electron chi connectivity index (χ1n) is 7.39. The molecule has 118 valence electrons. The quantitative estimate of drug-likeness (QED) is 0.928. The Balaban J connectivity index is 1.65. The summed E-state index contributed by atoms with van der Waals surface area (Å²) in [4.78, 5) is 25.9. The first kappa shape index (κ1) is 15.3. The summed E-state index contributed by atoms with van der Waals surface area (Å²) in [6, 6.07) is 4.40. The smallest absolute Gasteiger partial charge is 0.243 e. The zero-order valence-corrected chi connectivity index (χ0v) is 13.5. The molecule has 2 amide bonds. The Hall–Kier alpha value is -1.56. The molecule has 2 unspecified atom stereocenters. The van der Waals surface area contributed by atoms with E-state index in [4.69, 9.17) is 0 Å². The van der Waals surface area contributed by atoms with E-state index in [2.05, 4.69) is 5.32 Å². The highest BCUT2D eigenvalue weighted by atomic mass is 32.2. The molecule has 2 heterocycles. The zero-order valence-electron chi connectivity index (χ0n) is 12.7. The van der Waals surface area contributed by atoms with Gasteiger partial charge in [0.15, 0.2) is 0 Å². The first-order chi connectivity index (χ1) is 10.4. The van der Waals surface area contributed by atoms with Crippen LogP contribution >= 0.6 is 11.8 Å². The van der Waals surface area contributed by atoms with Gasteiger partial charge in [0.25, 0.3) is 0 Å². The first-order valence-corrected chi connectivity index (χ1v) is 8.38. The van der Waals surface area contributed by atoms with Crippen LogP contribution < -0.4 is 5.32 Å². The van der Waals surface area contributed by atoms with Crippen LogP contribution in [0.1, 0.15) is 30.9 Å². The van der Waals surface area contributed by atoms with E-state index < -0.39 is 6.04 Å². The number of rotatable bonds is 3. The lowest BCUT2D eigenvalue weighted by atomic mass is 10.1. The molecular formula is C16H19FN2O2S. The van der Waals surface area contributed by atoms with E-state index in [9.17, 15) is 14.0 Å². The molecule has 0 bridgehead atoms. The maximum absolute atomic E-state index is 13.2. The Bertz CT molecular complexity index is 637. The standard InChI is InChI=1S/C16H19FN2O2S/c1-10-7-11(3-4-12(10)17)8-18-15(21)13-9-22-16(2)6-5-14(20)19(13)16/h3-4,7,13H,5-6,8-9H2,1-2H3,(H,18,21). The highest BCUT2D eigenvalue weighted by Gasteiger charge is 2.52. The topological polar surface area (TPSA) is 49.4 Å². The summed E-state index contributed by atoms with van der Waals surface area (Å²) in [5.41, 5.74) is 1.42. The number of nitrogens with one attached hydrogen (secondary N) is 1. The largest absolute Gasteiger partial charge is 0.350 e. The molecule has 2 fully saturated rings. The highest BCUT2D eigenvalue weighted by Crippen LogP contribution is 2.47. The van der Waals surface area contributed by atoms with Gasteiger partial charge in [-0.3, -0.25) is 9.59 Å². The maximum atomic E-state index is 13.2. The van der Waals surface area contributed by atoms with Crippen molar-refractivity contribution in [3.63, 3.8) is 0 Å². The lowest BCUT2D eigenvalue weighted by Crippen LogP contribution is -2.49. The van der Waals surface area contributed by atoms with Crippen LogP contribution in [-0.4, -0.2) is 33.4 Å². The average molecular weight is 322 g/mol. The van der Waals surface area contributed by atoms with Crippen LogP contribution in [0.5, 0.6) is 0 Å². The average Bonchev–Trinajstić information content (AvgIpc) is 2.97. The van der Waals surface area contributed by atoms with Gasteiger partial charge in [-0.2, -0.15) is 0 Å². The van der Waals surface area contributed by atoms with Crippen molar-refractivity contribution >= 4 is 23.6 Å². The number of carbonyl (C=O) groups is 2. The van der Waals surface area contributed by atoms with Gasteiger partial charge in [-0.15, -0.1) is 11.8 Å².